The highest BCUT2D eigenvalue weighted by molar-refractivity contribution is 7.89. The van der Waals surface area contributed by atoms with Gasteiger partial charge in [0.1, 0.15) is 4.90 Å². The minimum atomic E-state index is -3.47. The van der Waals surface area contributed by atoms with Crippen LogP contribution in [-0.4, -0.2) is 41.0 Å². The van der Waals surface area contributed by atoms with Crippen LogP contribution in [0.2, 0.25) is 0 Å². The quantitative estimate of drug-likeness (QED) is 0.879. The maximum Gasteiger partial charge on any atom is 0.246 e. The Labute approximate surface area is 128 Å². The van der Waals surface area contributed by atoms with Gasteiger partial charge in [0.05, 0.1) is 6.20 Å². The second-order valence-electron chi connectivity index (χ2n) is 5.57. The first kappa shape index (κ1) is 15.0. The van der Waals surface area contributed by atoms with Gasteiger partial charge in [0.2, 0.25) is 10.0 Å². The molecule has 2 aromatic rings. The lowest BCUT2D eigenvalue weighted by Crippen LogP contribution is -2.38. The lowest BCUT2D eigenvalue weighted by atomic mass is 9.94. The van der Waals surface area contributed by atoms with E-state index in [1.807, 2.05) is 6.92 Å². The summed E-state index contributed by atoms with van der Waals surface area (Å²) in [5.74, 6) is 0.184. The van der Waals surface area contributed by atoms with E-state index in [1.54, 1.807) is 12.1 Å². The molecule has 3 heterocycles. The van der Waals surface area contributed by atoms with Crippen molar-refractivity contribution in [2.45, 2.75) is 30.6 Å². The maximum atomic E-state index is 12.4. The zero-order chi connectivity index (χ0) is 15.7. The molecule has 7 nitrogen and oxygen atoms in total. The van der Waals surface area contributed by atoms with E-state index in [1.165, 1.54) is 16.7 Å². The van der Waals surface area contributed by atoms with Gasteiger partial charge in [-0.1, -0.05) is 0 Å². The van der Waals surface area contributed by atoms with Crippen molar-refractivity contribution in [3.63, 3.8) is 0 Å². The van der Waals surface area contributed by atoms with Crippen molar-refractivity contribution in [3.05, 3.63) is 46.1 Å². The van der Waals surface area contributed by atoms with Crippen molar-refractivity contribution in [2.75, 3.05) is 13.1 Å². The van der Waals surface area contributed by atoms with E-state index in [0.717, 1.165) is 11.4 Å². The summed E-state index contributed by atoms with van der Waals surface area (Å²) in [6.45, 7) is 2.73. The zero-order valence-corrected chi connectivity index (χ0v) is 13.1. The lowest BCUT2D eigenvalue weighted by molar-refractivity contribution is 0.316. The van der Waals surface area contributed by atoms with Crippen molar-refractivity contribution in [1.82, 2.24) is 19.5 Å². The predicted molar refractivity (Wildman–Crippen MR) is 81.1 cm³/mol. The molecule has 0 saturated carbocycles. The number of nitrogens with one attached hydrogen (secondary N) is 2. The van der Waals surface area contributed by atoms with Gasteiger partial charge in [-0.3, -0.25) is 9.89 Å². The molecule has 1 aliphatic rings. The van der Waals surface area contributed by atoms with Gasteiger partial charge in [-0.25, -0.2) is 8.42 Å². The minimum absolute atomic E-state index is 0.0142. The van der Waals surface area contributed by atoms with Gasteiger partial charge < -0.3 is 4.98 Å². The molecule has 1 aliphatic heterocycles. The van der Waals surface area contributed by atoms with Crippen molar-refractivity contribution >= 4 is 10.0 Å². The summed E-state index contributed by atoms with van der Waals surface area (Å²) in [7, 11) is -3.47. The molecule has 0 atom stereocenters. The molecule has 0 aromatic carbocycles. The number of aryl methyl sites for hydroxylation is 1. The Morgan fingerprint density at radius 3 is 2.59 bits per heavy atom. The van der Waals surface area contributed by atoms with Crippen molar-refractivity contribution < 1.29 is 8.42 Å². The summed E-state index contributed by atoms with van der Waals surface area (Å²) in [6, 6.07) is 3.17. The number of H-pyrrole nitrogens is 2. The van der Waals surface area contributed by atoms with Crippen LogP contribution >= 0.6 is 0 Å². The van der Waals surface area contributed by atoms with Crippen molar-refractivity contribution in [1.29, 1.82) is 0 Å². The van der Waals surface area contributed by atoms with Crippen LogP contribution in [0, 0.1) is 6.92 Å². The Morgan fingerprint density at radius 2 is 2.00 bits per heavy atom. The average molecular weight is 322 g/mol. The Balaban J connectivity index is 1.74. The topological polar surface area (TPSA) is 98.9 Å². The molecule has 3 rings (SSSR count). The number of rotatable bonds is 3. The second kappa shape index (κ2) is 5.69. The highest BCUT2D eigenvalue weighted by atomic mass is 32.2. The lowest BCUT2D eigenvalue weighted by Gasteiger charge is -2.30. The largest absolute Gasteiger partial charge is 0.362 e. The highest BCUT2D eigenvalue weighted by Crippen LogP contribution is 2.29. The zero-order valence-electron chi connectivity index (χ0n) is 12.2. The van der Waals surface area contributed by atoms with Crippen molar-refractivity contribution in [2.24, 2.45) is 0 Å². The van der Waals surface area contributed by atoms with Crippen LogP contribution in [0.1, 0.15) is 30.1 Å². The summed E-state index contributed by atoms with van der Waals surface area (Å²) >= 11 is 0. The Kier molecular flexibility index (Phi) is 3.88. The first-order valence-corrected chi connectivity index (χ1v) is 8.60. The molecule has 0 spiro atoms. The normalized spacial score (nSPS) is 17.7. The van der Waals surface area contributed by atoms with E-state index in [-0.39, 0.29) is 16.2 Å². The molecule has 1 fully saturated rings. The summed E-state index contributed by atoms with van der Waals surface area (Å²) in [4.78, 5) is 15.0. The van der Waals surface area contributed by atoms with E-state index in [2.05, 4.69) is 15.2 Å². The molecule has 0 aliphatic carbocycles. The third-order valence-corrected chi connectivity index (χ3v) is 5.87. The fourth-order valence-corrected chi connectivity index (χ4v) is 4.24. The molecule has 22 heavy (non-hydrogen) atoms. The number of hydrogen-bond donors (Lipinski definition) is 2. The van der Waals surface area contributed by atoms with Crippen LogP contribution in [0.15, 0.2) is 34.2 Å². The third kappa shape index (κ3) is 2.84. The fourth-order valence-electron chi connectivity index (χ4n) is 2.86. The van der Waals surface area contributed by atoms with Crippen LogP contribution < -0.4 is 5.43 Å². The number of aromatic nitrogens is 3. The Morgan fingerprint density at radius 1 is 1.27 bits per heavy atom. The SMILES string of the molecule is Cc1cc(=O)cc(C2CCN(S(=O)(=O)c3cn[nH]c3)CC2)[nH]1. The molecule has 0 amide bonds. The summed E-state index contributed by atoms with van der Waals surface area (Å²) in [6.07, 6.45) is 4.09. The molecule has 8 heteroatoms. The van der Waals surface area contributed by atoms with Gasteiger partial charge >= 0.3 is 0 Å². The first-order valence-electron chi connectivity index (χ1n) is 7.16. The van der Waals surface area contributed by atoms with E-state index in [4.69, 9.17) is 0 Å². The van der Waals surface area contributed by atoms with Gasteiger partial charge in [0.15, 0.2) is 5.43 Å². The Bertz CT molecular complexity index is 803. The maximum absolute atomic E-state index is 12.4. The molecule has 0 bridgehead atoms. The smallest absolute Gasteiger partial charge is 0.246 e. The predicted octanol–water partition coefficient (Wildman–Crippen LogP) is 0.975. The van der Waals surface area contributed by atoms with Gasteiger partial charge in [-0.15, -0.1) is 0 Å². The standard InChI is InChI=1S/C14H18N4O3S/c1-10-6-12(19)7-14(17-10)11-2-4-18(5-3-11)22(20,21)13-8-15-16-9-13/h6-9,11H,2-5H2,1H3,(H,15,16)(H,17,19). The molecule has 1 saturated heterocycles. The van der Waals surface area contributed by atoms with Crippen LogP contribution in [-0.2, 0) is 10.0 Å². The molecule has 2 N–H and O–H groups in total. The van der Waals surface area contributed by atoms with E-state index in [0.29, 0.717) is 25.9 Å². The molecule has 0 unspecified atom stereocenters. The van der Waals surface area contributed by atoms with Crippen LogP contribution in [0.3, 0.4) is 0 Å². The molecule has 0 radical (unpaired) electrons. The van der Waals surface area contributed by atoms with E-state index < -0.39 is 10.0 Å². The number of aromatic amines is 2. The second-order valence-corrected chi connectivity index (χ2v) is 7.50. The number of pyridine rings is 1. The van der Waals surface area contributed by atoms with Crippen LogP contribution in [0.4, 0.5) is 0 Å². The number of sulfonamides is 1. The van der Waals surface area contributed by atoms with Crippen LogP contribution in [0.25, 0.3) is 0 Å². The average Bonchev–Trinajstić information content (AvgIpc) is 3.01. The monoisotopic (exact) mass is 322 g/mol. The summed E-state index contributed by atoms with van der Waals surface area (Å²) < 4.78 is 26.3. The van der Waals surface area contributed by atoms with Crippen molar-refractivity contribution in [3.8, 4) is 0 Å². The number of piperidine rings is 1. The van der Waals surface area contributed by atoms with Gasteiger partial charge in [0.25, 0.3) is 0 Å². The molecular weight excluding hydrogens is 304 g/mol. The number of nitrogens with zero attached hydrogens (tertiary/aromatic N) is 2. The van der Waals surface area contributed by atoms with E-state index >= 15 is 0 Å². The van der Waals surface area contributed by atoms with Gasteiger partial charge in [0, 0.05) is 48.7 Å². The van der Waals surface area contributed by atoms with Crippen LogP contribution in [0.5, 0.6) is 0 Å². The summed E-state index contributed by atoms with van der Waals surface area (Å²) in [5.41, 5.74) is 1.71. The molecule has 2 aromatic heterocycles. The number of hydrogen-bond acceptors (Lipinski definition) is 4. The molecule has 118 valence electrons. The minimum Gasteiger partial charge on any atom is -0.362 e. The van der Waals surface area contributed by atoms with Gasteiger partial charge in [-0.05, 0) is 19.8 Å². The molecular formula is C14H18N4O3S. The third-order valence-electron chi connectivity index (χ3n) is 4.00. The highest BCUT2D eigenvalue weighted by Gasteiger charge is 2.30. The fraction of sp³-hybridized carbons (Fsp3) is 0.429. The Hall–Kier alpha value is -1.93. The summed E-state index contributed by atoms with van der Waals surface area (Å²) in [5, 5.41) is 6.22. The van der Waals surface area contributed by atoms with Gasteiger partial charge in [-0.2, -0.15) is 9.40 Å². The first-order chi connectivity index (χ1) is 10.5. The van der Waals surface area contributed by atoms with E-state index in [9.17, 15) is 13.2 Å².